The summed E-state index contributed by atoms with van der Waals surface area (Å²) in [5.74, 6) is 0.715. The zero-order chi connectivity index (χ0) is 17.7. The van der Waals surface area contributed by atoms with Crippen LogP contribution >= 0.6 is 0 Å². The van der Waals surface area contributed by atoms with Gasteiger partial charge in [0.25, 0.3) is 0 Å². The van der Waals surface area contributed by atoms with E-state index in [1.165, 1.54) is 103 Å². The van der Waals surface area contributed by atoms with Crippen molar-refractivity contribution in [3.63, 3.8) is 0 Å². The molecule has 1 unspecified atom stereocenters. The Bertz CT molecular complexity index is 256. The molecule has 2 nitrogen and oxygen atoms in total. The van der Waals surface area contributed by atoms with Gasteiger partial charge in [-0.05, 0) is 13.3 Å². The van der Waals surface area contributed by atoms with Crippen LogP contribution < -0.4 is 0 Å². The van der Waals surface area contributed by atoms with Crippen LogP contribution in [-0.2, 0) is 15.3 Å². The van der Waals surface area contributed by atoms with Crippen molar-refractivity contribution in [3.05, 3.63) is 0 Å². The molecular weight excluding hydrogens is 316 g/mol. The summed E-state index contributed by atoms with van der Waals surface area (Å²) in [4.78, 5) is 0. The third-order valence-electron chi connectivity index (χ3n) is 4.66. The number of rotatable bonds is 20. The highest BCUT2D eigenvalue weighted by Crippen LogP contribution is 2.14. The maximum atomic E-state index is 11.3. The van der Waals surface area contributed by atoms with Gasteiger partial charge in [-0.3, -0.25) is 4.18 Å². The van der Waals surface area contributed by atoms with Crippen LogP contribution in [0, 0.1) is 0 Å². The van der Waals surface area contributed by atoms with E-state index in [0.717, 1.165) is 6.42 Å². The quantitative estimate of drug-likeness (QED) is 0.212. The van der Waals surface area contributed by atoms with Crippen LogP contribution in [0.1, 0.15) is 123 Å². The summed E-state index contributed by atoms with van der Waals surface area (Å²) in [6.07, 6.45) is 23.5. The Labute approximate surface area is 155 Å². The van der Waals surface area contributed by atoms with Crippen molar-refractivity contribution in [2.24, 2.45) is 0 Å². The molecule has 0 heterocycles. The molecule has 24 heavy (non-hydrogen) atoms. The predicted octanol–water partition coefficient (Wildman–Crippen LogP) is 7.34. The molecule has 0 bridgehead atoms. The van der Waals surface area contributed by atoms with E-state index in [4.69, 9.17) is 4.18 Å². The topological polar surface area (TPSA) is 26.3 Å². The van der Waals surface area contributed by atoms with Gasteiger partial charge < -0.3 is 0 Å². The molecule has 1 atom stereocenters. The number of hydrogen-bond acceptors (Lipinski definition) is 2. The first-order chi connectivity index (χ1) is 11.8. The fraction of sp³-hybridized carbons (Fsp3) is 1.00. The molecular formula is C21H44O2S. The average Bonchev–Trinajstić information content (AvgIpc) is 2.58. The van der Waals surface area contributed by atoms with E-state index in [1.54, 1.807) is 0 Å². The third-order valence-corrected chi connectivity index (χ3v) is 5.78. The molecule has 0 aromatic carbocycles. The maximum absolute atomic E-state index is 11.3. The minimum atomic E-state index is -1.04. The van der Waals surface area contributed by atoms with E-state index in [2.05, 4.69) is 6.92 Å². The minimum Gasteiger partial charge on any atom is -0.291 e. The van der Waals surface area contributed by atoms with Crippen molar-refractivity contribution < 1.29 is 8.39 Å². The maximum Gasteiger partial charge on any atom is 0.155 e. The highest BCUT2D eigenvalue weighted by molar-refractivity contribution is 7.80. The van der Waals surface area contributed by atoms with E-state index >= 15 is 0 Å². The van der Waals surface area contributed by atoms with Gasteiger partial charge in [-0.15, -0.1) is 0 Å². The van der Waals surface area contributed by atoms with Gasteiger partial charge in [0.05, 0.1) is 6.61 Å². The second-order valence-electron chi connectivity index (χ2n) is 7.07. The van der Waals surface area contributed by atoms with Gasteiger partial charge in [-0.2, -0.15) is 0 Å². The van der Waals surface area contributed by atoms with Crippen LogP contribution in [0.4, 0.5) is 0 Å². The molecule has 3 heteroatoms. The zero-order valence-electron chi connectivity index (χ0n) is 16.7. The Morgan fingerprint density at radius 3 is 1.21 bits per heavy atom. The van der Waals surface area contributed by atoms with E-state index in [1.807, 2.05) is 6.92 Å². The number of unbranched alkanes of at least 4 members (excludes halogenated alkanes) is 16. The van der Waals surface area contributed by atoms with E-state index in [9.17, 15) is 4.21 Å². The SMILES string of the molecule is CCCCCCCCCCCCCCCCCCCS(=O)OCC. The normalized spacial score (nSPS) is 12.6. The van der Waals surface area contributed by atoms with Crippen LogP contribution in [0.2, 0.25) is 0 Å². The van der Waals surface area contributed by atoms with E-state index in [-0.39, 0.29) is 0 Å². The van der Waals surface area contributed by atoms with E-state index < -0.39 is 11.1 Å². The lowest BCUT2D eigenvalue weighted by Gasteiger charge is -2.04. The summed E-state index contributed by atoms with van der Waals surface area (Å²) in [7, 11) is 0. The van der Waals surface area contributed by atoms with E-state index in [0.29, 0.717) is 12.4 Å². The Morgan fingerprint density at radius 1 is 0.542 bits per heavy atom. The van der Waals surface area contributed by atoms with Crippen molar-refractivity contribution in [3.8, 4) is 0 Å². The third kappa shape index (κ3) is 20.2. The van der Waals surface area contributed by atoms with Crippen molar-refractivity contribution >= 4 is 11.1 Å². The highest BCUT2D eigenvalue weighted by Gasteiger charge is 1.98. The van der Waals surface area contributed by atoms with Crippen LogP contribution in [-0.4, -0.2) is 16.6 Å². The van der Waals surface area contributed by atoms with Crippen molar-refractivity contribution in [1.29, 1.82) is 0 Å². The monoisotopic (exact) mass is 360 g/mol. The summed E-state index contributed by atoms with van der Waals surface area (Å²) >= 11 is -1.04. The van der Waals surface area contributed by atoms with Crippen molar-refractivity contribution in [2.75, 3.05) is 12.4 Å². The Hall–Kier alpha value is 0.110. The summed E-state index contributed by atoms with van der Waals surface area (Å²) in [6, 6.07) is 0. The van der Waals surface area contributed by atoms with Crippen LogP contribution in [0.5, 0.6) is 0 Å². The lowest BCUT2D eigenvalue weighted by atomic mass is 10.0. The predicted molar refractivity (Wildman–Crippen MR) is 109 cm³/mol. The summed E-state index contributed by atoms with van der Waals surface area (Å²) < 4.78 is 16.3. The molecule has 146 valence electrons. The lowest BCUT2D eigenvalue weighted by molar-refractivity contribution is 0.370. The summed E-state index contributed by atoms with van der Waals surface area (Å²) in [6.45, 7) is 4.74. The average molecular weight is 361 g/mol. The van der Waals surface area contributed by atoms with Gasteiger partial charge in [0.2, 0.25) is 0 Å². The van der Waals surface area contributed by atoms with Gasteiger partial charge >= 0.3 is 0 Å². The van der Waals surface area contributed by atoms with Crippen LogP contribution in [0.25, 0.3) is 0 Å². The molecule has 0 aliphatic heterocycles. The van der Waals surface area contributed by atoms with Crippen molar-refractivity contribution in [1.82, 2.24) is 0 Å². The second kappa shape index (κ2) is 21.2. The lowest BCUT2D eigenvalue weighted by Crippen LogP contribution is -2.01. The van der Waals surface area contributed by atoms with Crippen LogP contribution in [0.15, 0.2) is 0 Å². The summed E-state index contributed by atoms with van der Waals surface area (Å²) in [5, 5.41) is 0. The fourth-order valence-electron chi connectivity index (χ4n) is 3.14. The fourth-order valence-corrected chi connectivity index (χ4v) is 3.96. The molecule has 0 N–H and O–H groups in total. The van der Waals surface area contributed by atoms with Crippen molar-refractivity contribution in [2.45, 2.75) is 123 Å². The Balaban J connectivity index is 3.01. The minimum absolute atomic E-state index is 0.561. The first-order valence-corrected chi connectivity index (χ1v) is 12.1. The van der Waals surface area contributed by atoms with Gasteiger partial charge in [-0.25, -0.2) is 4.21 Å². The molecule has 0 aliphatic carbocycles. The molecule has 0 saturated heterocycles. The zero-order valence-corrected chi connectivity index (χ0v) is 17.5. The molecule has 0 rings (SSSR count). The molecule has 0 saturated carbocycles. The second-order valence-corrected chi connectivity index (χ2v) is 8.32. The Kier molecular flexibility index (Phi) is 21.3. The Morgan fingerprint density at radius 2 is 0.875 bits per heavy atom. The molecule has 0 aromatic heterocycles. The molecule has 0 amide bonds. The van der Waals surface area contributed by atoms with Crippen LogP contribution in [0.3, 0.4) is 0 Å². The first kappa shape index (κ1) is 24.1. The molecule has 0 aliphatic rings. The molecule has 0 aromatic rings. The highest BCUT2D eigenvalue weighted by atomic mass is 32.2. The molecule has 0 spiro atoms. The van der Waals surface area contributed by atoms with Gasteiger partial charge in [0.15, 0.2) is 11.1 Å². The smallest absolute Gasteiger partial charge is 0.155 e. The first-order valence-electron chi connectivity index (χ1n) is 10.8. The van der Waals surface area contributed by atoms with Gasteiger partial charge in [0, 0.05) is 5.75 Å². The van der Waals surface area contributed by atoms with Gasteiger partial charge in [0.1, 0.15) is 0 Å². The largest absolute Gasteiger partial charge is 0.291 e. The molecule has 0 radical (unpaired) electrons. The molecule has 0 fully saturated rings. The standard InChI is InChI=1S/C21H44O2S/c1-3-5-6-7-8-9-10-11-12-13-14-15-16-17-18-19-20-21-24(22)23-4-2/h3-21H2,1-2H3. The summed E-state index contributed by atoms with van der Waals surface area (Å²) in [5.41, 5.74) is 0. The van der Waals surface area contributed by atoms with Gasteiger partial charge in [-0.1, -0.05) is 110 Å². The number of hydrogen-bond donors (Lipinski definition) is 0.